The Labute approximate surface area is 165 Å². The molecule has 1 atom stereocenters. The van der Waals surface area contributed by atoms with E-state index in [-0.39, 0.29) is 0 Å². The summed E-state index contributed by atoms with van der Waals surface area (Å²) in [5.74, 6) is 0. The third-order valence-electron chi connectivity index (χ3n) is 5.92. The van der Waals surface area contributed by atoms with Crippen LogP contribution in [-0.4, -0.2) is 45.8 Å². The largest absolute Gasteiger partial charge is 0.381 e. The minimum atomic E-state index is 0.512. The van der Waals surface area contributed by atoms with Crippen LogP contribution in [0, 0.1) is 6.92 Å². The Hall–Kier alpha value is -2.79. The van der Waals surface area contributed by atoms with Crippen molar-refractivity contribution >= 4 is 27.5 Å². The van der Waals surface area contributed by atoms with Gasteiger partial charge in [-0.25, -0.2) is 0 Å². The first-order chi connectivity index (χ1) is 13.7. The molecule has 5 rings (SSSR count). The van der Waals surface area contributed by atoms with Crippen molar-refractivity contribution in [3.05, 3.63) is 48.0 Å². The molecule has 2 aromatic carbocycles. The maximum absolute atomic E-state index is 4.60. The van der Waals surface area contributed by atoms with Gasteiger partial charge in [-0.2, -0.15) is 5.10 Å². The zero-order valence-corrected chi connectivity index (χ0v) is 16.5. The number of aryl methyl sites for hydroxylation is 1. The minimum Gasteiger partial charge on any atom is -0.381 e. The second-order valence-electron chi connectivity index (χ2n) is 7.98. The first kappa shape index (κ1) is 17.3. The van der Waals surface area contributed by atoms with Gasteiger partial charge in [0.25, 0.3) is 0 Å². The van der Waals surface area contributed by atoms with E-state index >= 15 is 0 Å². The maximum atomic E-state index is 4.60. The monoisotopic (exact) mass is 373 g/mol. The van der Waals surface area contributed by atoms with Crippen molar-refractivity contribution in [1.82, 2.24) is 20.1 Å². The molecule has 3 N–H and O–H groups in total. The number of aromatic amines is 2. The molecule has 0 spiro atoms. The molecule has 28 heavy (non-hydrogen) atoms. The Morgan fingerprint density at radius 1 is 1.14 bits per heavy atom. The van der Waals surface area contributed by atoms with Crippen molar-refractivity contribution < 1.29 is 0 Å². The molecular formula is C23H27N5. The Balaban J connectivity index is 1.47. The number of piperidine rings is 1. The third kappa shape index (κ3) is 3.16. The fourth-order valence-electron chi connectivity index (χ4n) is 4.37. The van der Waals surface area contributed by atoms with Crippen molar-refractivity contribution in [1.29, 1.82) is 0 Å². The minimum absolute atomic E-state index is 0.512. The van der Waals surface area contributed by atoms with Gasteiger partial charge in [0.15, 0.2) is 0 Å². The van der Waals surface area contributed by atoms with E-state index in [0.717, 1.165) is 40.9 Å². The Bertz CT molecular complexity index is 1120. The van der Waals surface area contributed by atoms with E-state index in [1.807, 2.05) is 0 Å². The molecule has 2 aromatic heterocycles. The van der Waals surface area contributed by atoms with Gasteiger partial charge in [-0.1, -0.05) is 19.1 Å². The van der Waals surface area contributed by atoms with Gasteiger partial charge in [-0.3, -0.25) is 5.10 Å². The lowest BCUT2D eigenvalue weighted by Crippen LogP contribution is -2.41. The number of H-pyrrole nitrogens is 2. The van der Waals surface area contributed by atoms with E-state index in [1.165, 1.54) is 36.0 Å². The zero-order chi connectivity index (χ0) is 19.1. The van der Waals surface area contributed by atoms with Crippen LogP contribution in [0.4, 0.5) is 5.69 Å². The summed E-state index contributed by atoms with van der Waals surface area (Å²) in [6.07, 6.45) is 2.49. The van der Waals surface area contributed by atoms with Crippen molar-refractivity contribution in [3.8, 4) is 11.4 Å². The lowest BCUT2D eigenvalue weighted by molar-refractivity contribution is 0.227. The van der Waals surface area contributed by atoms with Crippen molar-refractivity contribution in [2.75, 3.05) is 25.0 Å². The summed E-state index contributed by atoms with van der Waals surface area (Å²) in [6, 6.07) is 15.7. The predicted molar refractivity (Wildman–Crippen MR) is 117 cm³/mol. The number of nitrogens with zero attached hydrogens (tertiary/aromatic N) is 2. The Morgan fingerprint density at radius 2 is 2.07 bits per heavy atom. The van der Waals surface area contributed by atoms with E-state index in [2.05, 4.69) is 81.7 Å². The second kappa shape index (κ2) is 6.99. The molecule has 3 heterocycles. The van der Waals surface area contributed by atoms with Crippen LogP contribution >= 0.6 is 0 Å². The highest BCUT2D eigenvalue weighted by Gasteiger charge is 2.19. The van der Waals surface area contributed by atoms with Gasteiger partial charge in [-0.05, 0) is 68.8 Å². The van der Waals surface area contributed by atoms with Crippen LogP contribution in [0.3, 0.4) is 0 Å². The van der Waals surface area contributed by atoms with Gasteiger partial charge >= 0.3 is 0 Å². The van der Waals surface area contributed by atoms with Crippen LogP contribution in [0.2, 0.25) is 0 Å². The molecule has 0 aliphatic carbocycles. The number of likely N-dealkylation sites (N-methyl/N-ethyl adjacent to an activating group) is 1. The highest BCUT2D eigenvalue weighted by atomic mass is 15.2. The SMILES string of the molecule is CCN1CCCC(Nc2ccc3[nH]nc(-c4cc5ccc(C)cc5[nH]4)c3c2)C1. The number of hydrogen-bond donors (Lipinski definition) is 3. The second-order valence-corrected chi connectivity index (χ2v) is 7.98. The first-order valence-corrected chi connectivity index (χ1v) is 10.3. The number of anilines is 1. The summed E-state index contributed by atoms with van der Waals surface area (Å²) in [7, 11) is 0. The molecule has 0 radical (unpaired) electrons. The van der Waals surface area contributed by atoms with E-state index in [1.54, 1.807) is 0 Å². The predicted octanol–water partition coefficient (Wildman–Crippen LogP) is 4.92. The molecule has 0 amide bonds. The molecule has 5 nitrogen and oxygen atoms in total. The van der Waals surface area contributed by atoms with Crippen LogP contribution < -0.4 is 5.32 Å². The summed E-state index contributed by atoms with van der Waals surface area (Å²) in [4.78, 5) is 6.06. The number of benzene rings is 2. The van der Waals surface area contributed by atoms with Crippen LogP contribution in [-0.2, 0) is 0 Å². The van der Waals surface area contributed by atoms with Gasteiger partial charge < -0.3 is 15.2 Å². The van der Waals surface area contributed by atoms with Crippen LogP contribution in [0.5, 0.6) is 0 Å². The molecule has 1 aliphatic rings. The van der Waals surface area contributed by atoms with Crippen LogP contribution in [0.25, 0.3) is 33.2 Å². The van der Waals surface area contributed by atoms with Gasteiger partial charge in [-0.15, -0.1) is 0 Å². The average Bonchev–Trinajstić information content (AvgIpc) is 3.31. The molecule has 0 saturated carbocycles. The average molecular weight is 374 g/mol. The number of nitrogens with one attached hydrogen (secondary N) is 3. The molecule has 4 aromatic rings. The van der Waals surface area contributed by atoms with E-state index in [4.69, 9.17) is 0 Å². The smallest absolute Gasteiger partial charge is 0.116 e. The molecule has 1 fully saturated rings. The summed E-state index contributed by atoms with van der Waals surface area (Å²) in [5.41, 5.74) is 6.68. The van der Waals surface area contributed by atoms with Crippen molar-refractivity contribution in [3.63, 3.8) is 0 Å². The highest BCUT2D eigenvalue weighted by Crippen LogP contribution is 2.31. The van der Waals surface area contributed by atoms with Gasteiger partial charge in [0.1, 0.15) is 5.69 Å². The van der Waals surface area contributed by atoms with E-state index < -0.39 is 0 Å². The fourth-order valence-corrected chi connectivity index (χ4v) is 4.37. The standard InChI is InChI=1S/C23H27N5/c1-3-28-10-4-5-18(14-28)24-17-8-9-20-19(13-17)23(27-26-20)22-12-16-7-6-15(2)11-21(16)25-22/h6-9,11-13,18,24-25H,3-5,10,14H2,1-2H3,(H,26,27). The quantitative estimate of drug-likeness (QED) is 0.476. The number of aromatic nitrogens is 3. The summed E-state index contributed by atoms with van der Waals surface area (Å²) in [5, 5.41) is 13.9. The van der Waals surface area contributed by atoms with Crippen LogP contribution in [0.1, 0.15) is 25.3 Å². The van der Waals surface area contributed by atoms with Crippen molar-refractivity contribution in [2.45, 2.75) is 32.7 Å². The molecule has 1 aliphatic heterocycles. The Morgan fingerprint density at radius 3 is 2.96 bits per heavy atom. The Kier molecular flexibility index (Phi) is 4.32. The topological polar surface area (TPSA) is 59.7 Å². The molecule has 0 bridgehead atoms. The van der Waals surface area contributed by atoms with Gasteiger partial charge in [0.2, 0.25) is 0 Å². The molecule has 144 valence electrons. The number of likely N-dealkylation sites (tertiary alicyclic amines) is 1. The highest BCUT2D eigenvalue weighted by molar-refractivity contribution is 5.97. The van der Waals surface area contributed by atoms with Crippen molar-refractivity contribution in [2.24, 2.45) is 0 Å². The molecule has 1 saturated heterocycles. The summed E-state index contributed by atoms with van der Waals surface area (Å²) < 4.78 is 0. The summed E-state index contributed by atoms with van der Waals surface area (Å²) in [6.45, 7) is 7.83. The molecule has 5 heteroatoms. The molecule has 1 unspecified atom stereocenters. The van der Waals surface area contributed by atoms with E-state index in [0.29, 0.717) is 6.04 Å². The lowest BCUT2D eigenvalue weighted by Gasteiger charge is -2.32. The van der Waals surface area contributed by atoms with Gasteiger partial charge in [0, 0.05) is 34.6 Å². The zero-order valence-electron chi connectivity index (χ0n) is 16.5. The lowest BCUT2D eigenvalue weighted by atomic mass is 10.0. The third-order valence-corrected chi connectivity index (χ3v) is 5.92. The normalized spacial score (nSPS) is 18.1. The fraction of sp³-hybridized carbons (Fsp3) is 0.348. The number of hydrogen-bond acceptors (Lipinski definition) is 3. The first-order valence-electron chi connectivity index (χ1n) is 10.3. The summed E-state index contributed by atoms with van der Waals surface area (Å²) >= 11 is 0. The number of fused-ring (bicyclic) bond motifs is 2. The molecular weight excluding hydrogens is 346 g/mol. The number of rotatable bonds is 4. The van der Waals surface area contributed by atoms with E-state index in [9.17, 15) is 0 Å². The maximum Gasteiger partial charge on any atom is 0.116 e. The van der Waals surface area contributed by atoms with Crippen LogP contribution in [0.15, 0.2) is 42.5 Å². The van der Waals surface area contributed by atoms with Gasteiger partial charge in [0.05, 0.1) is 11.2 Å².